The fourth-order valence-corrected chi connectivity index (χ4v) is 3.50. The van der Waals surface area contributed by atoms with Crippen molar-refractivity contribution in [3.8, 4) is 0 Å². The van der Waals surface area contributed by atoms with Crippen molar-refractivity contribution in [3.05, 3.63) is 58.6 Å². The molecule has 0 unspecified atom stereocenters. The van der Waals surface area contributed by atoms with Gasteiger partial charge in [0, 0.05) is 29.5 Å². The minimum Gasteiger partial charge on any atom is -0.341 e. The average molecular weight is 395 g/mol. The highest BCUT2D eigenvalue weighted by Crippen LogP contribution is 2.24. The van der Waals surface area contributed by atoms with Crippen LogP contribution in [-0.4, -0.2) is 28.0 Å². The van der Waals surface area contributed by atoms with Crippen LogP contribution in [0.4, 0.5) is 29.2 Å². The smallest absolute Gasteiger partial charge is 0.233 e. The Balaban J connectivity index is 1.65. The fraction of sp³-hybridized carbons (Fsp3) is 0.286. The molecule has 2 aromatic carbocycles. The molecule has 4 rings (SSSR count). The van der Waals surface area contributed by atoms with E-state index in [-0.39, 0.29) is 0 Å². The summed E-state index contributed by atoms with van der Waals surface area (Å²) in [6, 6.07) is 13.8. The summed E-state index contributed by atoms with van der Waals surface area (Å²) in [5, 5.41) is 7.28. The van der Waals surface area contributed by atoms with Crippen LogP contribution in [0.25, 0.3) is 0 Å². The van der Waals surface area contributed by atoms with Gasteiger partial charge in [0.15, 0.2) is 0 Å². The molecule has 0 saturated carbocycles. The summed E-state index contributed by atoms with van der Waals surface area (Å²) < 4.78 is 0. The van der Waals surface area contributed by atoms with Crippen molar-refractivity contribution >= 4 is 40.8 Å². The Morgan fingerprint density at radius 1 is 0.786 bits per heavy atom. The number of nitrogens with zero attached hydrogens (tertiary/aromatic N) is 4. The van der Waals surface area contributed by atoms with Crippen molar-refractivity contribution in [2.45, 2.75) is 26.7 Å². The molecule has 2 heterocycles. The summed E-state index contributed by atoms with van der Waals surface area (Å²) >= 11 is 5.98. The van der Waals surface area contributed by atoms with E-state index < -0.39 is 0 Å². The lowest BCUT2D eigenvalue weighted by Crippen LogP contribution is -2.21. The van der Waals surface area contributed by atoms with Crippen molar-refractivity contribution in [2.24, 2.45) is 0 Å². The molecule has 0 radical (unpaired) electrons. The number of anilines is 5. The lowest BCUT2D eigenvalue weighted by molar-refractivity contribution is 0.886. The Morgan fingerprint density at radius 3 is 1.96 bits per heavy atom. The number of hydrogen-bond acceptors (Lipinski definition) is 6. The Morgan fingerprint density at radius 2 is 1.36 bits per heavy atom. The first-order valence-corrected chi connectivity index (χ1v) is 9.82. The molecular weight excluding hydrogens is 372 g/mol. The SMILES string of the molecule is Cc1cc(C)cc(Nc2nc(Nc3ccc(Cl)cc3)nc(N3CCCC3)n2)c1. The number of benzene rings is 2. The highest BCUT2D eigenvalue weighted by Gasteiger charge is 2.18. The minimum atomic E-state index is 0.506. The Labute approximate surface area is 170 Å². The third kappa shape index (κ3) is 4.51. The zero-order chi connectivity index (χ0) is 19.5. The first-order valence-electron chi connectivity index (χ1n) is 9.44. The lowest BCUT2D eigenvalue weighted by Gasteiger charge is -2.17. The second kappa shape index (κ2) is 8.02. The molecule has 1 fully saturated rings. The van der Waals surface area contributed by atoms with Gasteiger partial charge in [-0.25, -0.2) is 0 Å². The van der Waals surface area contributed by atoms with Crippen LogP contribution in [-0.2, 0) is 0 Å². The van der Waals surface area contributed by atoms with Crippen LogP contribution < -0.4 is 15.5 Å². The molecule has 0 spiro atoms. The zero-order valence-electron chi connectivity index (χ0n) is 16.0. The van der Waals surface area contributed by atoms with E-state index in [1.807, 2.05) is 24.3 Å². The van der Waals surface area contributed by atoms with E-state index in [1.54, 1.807) is 0 Å². The van der Waals surface area contributed by atoms with Crippen molar-refractivity contribution < 1.29 is 0 Å². The van der Waals surface area contributed by atoms with Gasteiger partial charge in [-0.2, -0.15) is 15.0 Å². The maximum absolute atomic E-state index is 5.98. The first kappa shape index (κ1) is 18.5. The number of nitrogens with one attached hydrogen (secondary N) is 2. The van der Waals surface area contributed by atoms with E-state index in [9.17, 15) is 0 Å². The molecule has 1 aliphatic heterocycles. The van der Waals surface area contributed by atoms with Gasteiger partial charge in [-0.1, -0.05) is 17.7 Å². The van der Waals surface area contributed by atoms with E-state index in [0.29, 0.717) is 22.9 Å². The van der Waals surface area contributed by atoms with Gasteiger partial charge >= 0.3 is 0 Å². The van der Waals surface area contributed by atoms with Gasteiger partial charge in [0.25, 0.3) is 0 Å². The molecule has 144 valence electrons. The predicted octanol–water partition coefficient (Wildman–Crippen LogP) is 5.23. The molecule has 0 amide bonds. The van der Waals surface area contributed by atoms with Crippen molar-refractivity contribution in [1.82, 2.24) is 15.0 Å². The van der Waals surface area contributed by atoms with Crippen LogP contribution in [0.3, 0.4) is 0 Å². The first-order chi connectivity index (χ1) is 13.5. The highest BCUT2D eigenvalue weighted by molar-refractivity contribution is 6.30. The summed E-state index contributed by atoms with van der Waals surface area (Å²) in [4.78, 5) is 16.1. The standard InChI is InChI=1S/C21H23ClN6/c1-14-11-15(2)13-18(12-14)24-20-25-19(23-17-7-5-16(22)6-8-17)26-21(27-20)28-9-3-4-10-28/h5-8,11-13H,3-4,9-10H2,1-2H3,(H2,23,24,25,26,27). The molecule has 1 aromatic heterocycles. The van der Waals surface area contributed by atoms with Gasteiger partial charge in [-0.05, 0) is 74.2 Å². The van der Waals surface area contributed by atoms with Crippen LogP contribution in [0, 0.1) is 13.8 Å². The van der Waals surface area contributed by atoms with E-state index in [2.05, 4.69) is 62.5 Å². The third-order valence-electron chi connectivity index (χ3n) is 4.59. The van der Waals surface area contributed by atoms with E-state index in [1.165, 1.54) is 11.1 Å². The molecule has 6 nitrogen and oxygen atoms in total. The molecule has 7 heteroatoms. The highest BCUT2D eigenvalue weighted by atomic mass is 35.5. The van der Waals surface area contributed by atoms with E-state index in [0.717, 1.165) is 37.3 Å². The molecular formula is C21H23ClN6. The Bertz CT molecular complexity index is 947. The van der Waals surface area contributed by atoms with Gasteiger partial charge < -0.3 is 15.5 Å². The quantitative estimate of drug-likeness (QED) is 0.617. The maximum atomic E-state index is 5.98. The van der Waals surface area contributed by atoms with Crippen LogP contribution in [0.5, 0.6) is 0 Å². The van der Waals surface area contributed by atoms with Gasteiger partial charge in [-0.15, -0.1) is 0 Å². The number of hydrogen-bond donors (Lipinski definition) is 2. The Hall–Kier alpha value is -2.86. The summed E-state index contributed by atoms with van der Waals surface area (Å²) in [5.41, 5.74) is 4.22. The number of halogens is 1. The molecule has 2 N–H and O–H groups in total. The van der Waals surface area contributed by atoms with E-state index >= 15 is 0 Å². The molecule has 3 aromatic rings. The second-order valence-corrected chi connectivity index (χ2v) is 7.55. The number of aryl methyl sites for hydroxylation is 2. The monoisotopic (exact) mass is 394 g/mol. The summed E-state index contributed by atoms with van der Waals surface area (Å²) in [6.45, 7) is 6.09. The van der Waals surface area contributed by atoms with E-state index in [4.69, 9.17) is 11.6 Å². The predicted molar refractivity (Wildman–Crippen MR) is 115 cm³/mol. The fourth-order valence-electron chi connectivity index (χ4n) is 3.37. The average Bonchev–Trinajstić information content (AvgIpc) is 3.17. The van der Waals surface area contributed by atoms with Gasteiger partial charge in [0.1, 0.15) is 0 Å². The third-order valence-corrected chi connectivity index (χ3v) is 4.84. The lowest BCUT2D eigenvalue weighted by atomic mass is 10.1. The summed E-state index contributed by atoms with van der Waals surface area (Å²) in [6.07, 6.45) is 2.32. The van der Waals surface area contributed by atoms with Crippen molar-refractivity contribution in [1.29, 1.82) is 0 Å². The van der Waals surface area contributed by atoms with Crippen LogP contribution in [0.15, 0.2) is 42.5 Å². The largest absolute Gasteiger partial charge is 0.341 e. The van der Waals surface area contributed by atoms with Crippen LogP contribution >= 0.6 is 11.6 Å². The van der Waals surface area contributed by atoms with Gasteiger partial charge in [0.05, 0.1) is 0 Å². The summed E-state index contributed by atoms with van der Waals surface area (Å²) in [7, 11) is 0. The van der Waals surface area contributed by atoms with Crippen LogP contribution in [0.2, 0.25) is 5.02 Å². The Kier molecular flexibility index (Phi) is 5.30. The maximum Gasteiger partial charge on any atom is 0.233 e. The summed E-state index contributed by atoms with van der Waals surface area (Å²) in [5.74, 6) is 1.72. The normalized spacial score (nSPS) is 13.6. The van der Waals surface area contributed by atoms with Gasteiger partial charge in [-0.3, -0.25) is 0 Å². The second-order valence-electron chi connectivity index (χ2n) is 7.11. The molecule has 0 atom stereocenters. The zero-order valence-corrected chi connectivity index (χ0v) is 16.8. The molecule has 1 saturated heterocycles. The van der Waals surface area contributed by atoms with Crippen molar-refractivity contribution in [3.63, 3.8) is 0 Å². The minimum absolute atomic E-state index is 0.506. The molecule has 0 bridgehead atoms. The van der Waals surface area contributed by atoms with Gasteiger partial charge in [0.2, 0.25) is 17.8 Å². The number of aromatic nitrogens is 3. The van der Waals surface area contributed by atoms with Crippen LogP contribution in [0.1, 0.15) is 24.0 Å². The molecule has 0 aliphatic carbocycles. The van der Waals surface area contributed by atoms with Crippen molar-refractivity contribution in [2.75, 3.05) is 28.6 Å². The topological polar surface area (TPSA) is 66.0 Å². The molecule has 1 aliphatic rings. The number of rotatable bonds is 5. The molecule has 28 heavy (non-hydrogen) atoms.